The molecule has 0 saturated heterocycles. The summed E-state index contributed by atoms with van der Waals surface area (Å²) in [6.07, 6.45) is 1.87. The van der Waals surface area contributed by atoms with Crippen molar-refractivity contribution in [2.45, 2.75) is 39.7 Å². The topological polar surface area (TPSA) is 75.4 Å². The third-order valence-corrected chi connectivity index (χ3v) is 4.31. The van der Waals surface area contributed by atoms with Crippen molar-refractivity contribution < 1.29 is 8.42 Å². The molecule has 0 aromatic carbocycles. The molecule has 0 aliphatic rings. The highest BCUT2D eigenvalue weighted by atomic mass is 32.2. The molecule has 1 atom stereocenters. The van der Waals surface area contributed by atoms with Crippen molar-refractivity contribution in [2.75, 3.05) is 31.9 Å². The summed E-state index contributed by atoms with van der Waals surface area (Å²) in [5.74, 6) is 0.00733. The van der Waals surface area contributed by atoms with Crippen molar-refractivity contribution >= 4 is 10.0 Å². The fraction of sp³-hybridized carbons (Fsp3) is 1.00. The second-order valence-electron chi connectivity index (χ2n) is 4.30. The predicted molar refractivity (Wildman–Crippen MR) is 72.5 cm³/mol. The van der Waals surface area contributed by atoms with Crippen LogP contribution in [0.4, 0.5) is 0 Å². The molecule has 0 aliphatic heterocycles. The van der Waals surface area contributed by atoms with Crippen LogP contribution >= 0.6 is 0 Å². The van der Waals surface area contributed by atoms with E-state index >= 15 is 0 Å². The van der Waals surface area contributed by atoms with Gasteiger partial charge < -0.3 is 10.6 Å². The van der Waals surface area contributed by atoms with E-state index in [1.807, 2.05) is 6.92 Å². The summed E-state index contributed by atoms with van der Waals surface area (Å²) >= 11 is 0. The Kier molecular flexibility index (Phi) is 8.77. The first-order chi connectivity index (χ1) is 7.95. The van der Waals surface area contributed by atoms with Crippen LogP contribution < -0.4 is 10.5 Å². The largest absolute Gasteiger partial charge is 0.329 e. The summed E-state index contributed by atoms with van der Waals surface area (Å²) in [6.45, 7) is 9.45. The van der Waals surface area contributed by atoms with Gasteiger partial charge in [-0.15, -0.1) is 0 Å². The molecule has 104 valence electrons. The minimum atomic E-state index is -3.18. The first-order valence-electron chi connectivity index (χ1n) is 6.37. The van der Waals surface area contributed by atoms with Crippen molar-refractivity contribution in [3.05, 3.63) is 0 Å². The summed E-state index contributed by atoms with van der Waals surface area (Å²) in [6, 6.07) is -0.0119. The van der Waals surface area contributed by atoms with E-state index in [0.29, 0.717) is 0 Å². The van der Waals surface area contributed by atoms with Gasteiger partial charge in [0.05, 0.1) is 5.75 Å². The van der Waals surface area contributed by atoms with Crippen LogP contribution in [0, 0.1) is 0 Å². The molecule has 17 heavy (non-hydrogen) atoms. The van der Waals surface area contributed by atoms with E-state index in [-0.39, 0.29) is 18.3 Å². The van der Waals surface area contributed by atoms with Crippen molar-refractivity contribution in [3.8, 4) is 0 Å². The van der Waals surface area contributed by atoms with Crippen molar-refractivity contribution in [2.24, 2.45) is 5.73 Å². The third-order valence-electron chi connectivity index (χ3n) is 2.77. The zero-order valence-electron chi connectivity index (χ0n) is 11.3. The number of rotatable bonds is 10. The minimum Gasteiger partial charge on any atom is -0.329 e. The van der Waals surface area contributed by atoms with Crippen LogP contribution in [0.1, 0.15) is 33.6 Å². The number of nitrogens with two attached hydrogens (primary N) is 1. The Bertz CT molecular complexity index is 276. The van der Waals surface area contributed by atoms with Crippen LogP contribution in [0.2, 0.25) is 0 Å². The third kappa shape index (κ3) is 8.54. The summed E-state index contributed by atoms with van der Waals surface area (Å²) in [5.41, 5.74) is 5.24. The molecule has 5 nitrogen and oxygen atoms in total. The van der Waals surface area contributed by atoms with Crippen molar-refractivity contribution in [3.63, 3.8) is 0 Å². The molecule has 0 aliphatic carbocycles. The molecule has 0 heterocycles. The fourth-order valence-corrected chi connectivity index (χ4v) is 2.90. The van der Waals surface area contributed by atoms with Gasteiger partial charge in [-0.2, -0.15) is 0 Å². The lowest BCUT2D eigenvalue weighted by atomic mass is 10.2. The Labute approximate surface area is 106 Å². The maximum absolute atomic E-state index is 11.4. The summed E-state index contributed by atoms with van der Waals surface area (Å²) in [5, 5.41) is 0. The van der Waals surface area contributed by atoms with Crippen LogP contribution in [-0.4, -0.2) is 51.3 Å². The number of sulfonamides is 1. The van der Waals surface area contributed by atoms with Crippen LogP contribution in [0.15, 0.2) is 0 Å². The van der Waals surface area contributed by atoms with Gasteiger partial charge in [-0.3, -0.25) is 0 Å². The highest BCUT2D eigenvalue weighted by Gasteiger charge is 2.13. The molecule has 1 unspecified atom stereocenters. The zero-order valence-corrected chi connectivity index (χ0v) is 12.1. The summed E-state index contributed by atoms with van der Waals surface area (Å²) < 4.78 is 25.5. The highest BCUT2D eigenvalue weighted by Crippen LogP contribution is 2.01. The van der Waals surface area contributed by atoms with Crippen LogP contribution in [0.5, 0.6) is 0 Å². The smallest absolute Gasteiger partial charge is 0.213 e. The number of hydrogen-bond donors (Lipinski definition) is 2. The van der Waals surface area contributed by atoms with Crippen LogP contribution in [0.3, 0.4) is 0 Å². The molecule has 0 aromatic rings. The van der Waals surface area contributed by atoms with Crippen molar-refractivity contribution in [1.82, 2.24) is 9.62 Å². The lowest BCUT2D eigenvalue weighted by Crippen LogP contribution is -2.36. The van der Waals surface area contributed by atoms with Gasteiger partial charge in [-0.25, -0.2) is 13.1 Å². The minimum absolute atomic E-state index is 0.00733. The molecule has 0 fully saturated rings. The number of nitrogens with one attached hydrogen (secondary N) is 1. The molecular weight excluding hydrogens is 238 g/mol. The number of hydrogen-bond acceptors (Lipinski definition) is 4. The molecule has 0 rings (SSSR count). The molecule has 3 N–H and O–H groups in total. The SMILES string of the molecule is CCN(CC)CCCC(C)NS(=O)(=O)CCN. The second kappa shape index (κ2) is 8.85. The second-order valence-corrected chi connectivity index (χ2v) is 6.17. The average molecular weight is 265 g/mol. The Morgan fingerprint density at radius 2 is 1.88 bits per heavy atom. The van der Waals surface area contributed by atoms with Gasteiger partial charge in [-0.05, 0) is 39.4 Å². The Morgan fingerprint density at radius 3 is 2.35 bits per heavy atom. The molecule has 0 spiro atoms. The van der Waals surface area contributed by atoms with E-state index < -0.39 is 10.0 Å². The van der Waals surface area contributed by atoms with E-state index in [9.17, 15) is 8.42 Å². The Balaban J connectivity index is 3.83. The van der Waals surface area contributed by atoms with E-state index in [1.165, 1.54) is 0 Å². The molecule has 0 bridgehead atoms. The van der Waals surface area contributed by atoms with Crippen LogP contribution in [0.25, 0.3) is 0 Å². The maximum Gasteiger partial charge on any atom is 0.213 e. The first kappa shape index (κ1) is 16.8. The Morgan fingerprint density at radius 1 is 1.29 bits per heavy atom. The van der Waals surface area contributed by atoms with E-state index in [2.05, 4.69) is 23.5 Å². The standard InChI is InChI=1S/C11H27N3O2S/c1-4-14(5-2)9-6-7-11(3)13-17(15,16)10-8-12/h11,13H,4-10,12H2,1-3H3. The lowest BCUT2D eigenvalue weighted by molar-refractivity contribution is 0.293. The van der Waals surface area contributed by atoms with Gasteiger partial charge in [0.15, 0.2) is 0 Å². The average Bonchev–Trinajstić information content (AvgIpc) is 2.23. The lowest BCUT2D eigenvalue weighted by Gasteiger charge is -2.19. The summed E-state index contributed by atoms with van der Waals surface area (Å²) in [4.78, 5) is 2.33. The van der Waals surface area contributed by atoms with Crippen molar-refractivity contribution in [1.29, 1.82) is 0 Å². The molecular formula is C11H27N3O2S. The summed E-state index contributed by atoms with van der Waals surface area (Å²) in [7, 11) is -3.18. The van der Waals surface area contributed by atoms with Gasteiger partial charge in [0.1, 0.15) is 0 Å². The highest BCUT2D eigenvalue weighted by molar-refractivity contribution is 7.89. The Hall–Kier alpha value is -0.170. The van der Waals surface area contributed by atoms with Gasteiger partial charge in [0.25, 0.3) is 0 Å². The molecule has 0 saturated carbocycles. The van der Waals surface area contributed by atoms with Gasteiger partial charge in [0, 0.05) is 12.6 Å². The van der Waals surface area contributed by atoms with Gasteiger partial charge >= 0.3 is 0 Å². The fourth-order valence-electron chi connectivity index (χ4n) is 1.74. The normalized spacial score (nSPS) is 14.2. The predicted octanol–water partition coefficient (Wildman–Crippen LogP) is 0.375. The monoisotopic (exact) mass is 265 g/mol. The molecule has 6 heteroatoms. The molecule has 0 radical (unpaired) electrons. The van der Waals surface area contributed by atoms with Gasteiger partial charge in [0.2, 0.25) is 10.0 Å². The van der Waals surface area contributed by atoms with E-state index in [1.54, 1.807) is 0 Å². The zero-order chi connectivity index (χ0) is 13.3. The number of nitrogens with zero attached hydrogens (tertiary/aromatic N) is 1. The maximum atomic E-state index is 11.4. The quantitative estimate of drug-likeness (QED) is 0.598. The molecule has 0 aromatic heterocycles. The van der Waals surface area contributed by atoms with E-state index in [4.69, 9.17) is 5.73 Å². The first-order valence-corrected chi connectivity index (χ1v) is 8.02. The van der Waals surface area contributed by atoms with E-state index in [0.717, 1.165) is 32.5 Å². The van der Waals surface area contributed by atoms with Gasteiger partial charge in [-0.1, -0.05) is 13.8 Å². The molecule has 0 amide bonds. The van der Waals surface area contributed by atoms with Crippen LogP contribution in [-0.2, 0) is 10.0 Å².